The summed E-state index contributed by atoms with van der Waals surface area (Å²) < 4.78 is 18.6. The Morgan fingerprint density at radius 1 is 0.900 bits per heavy atom. The molecule has 0 spiro atoms. The number of aromatic nitrogens is 2. The Balaban J connectivity index is 1.19. The Morgan fingerprint density at radius 3 is 2.30 bits per heavy atom. The van der Waals surface area contributed by atoms with Gasteiger partial charge in [0.05, 0.1) is 18.8 Å². The summed E-state index contributed by atoms with van der Waals surface area (Å²) in [5.74, 6) is -0.0151. The second-order valence-corrected chi connectivity index (χ2v) is 13.0. The van der Waals surface area contributed by atoms with Crippen LogP contribution in [0, 0.1) is 5.92 Å². The fourth-order valence-electron chi connectivity index (χ4n) is 6.53. The molecule has 5 atom stereocenters. The van der Waals surface area contributed by atoms with Crippen molar-refractivity contribution < 1.29 is 28.9 Å². The van der Waals surface area contributed by atoms with E-state index in [0.717, 1.165) is 72.1 Å². The van der Waals surface area contributed by atoms with Crippen LogP contribution in [0.2, 0.25) is 0 Å². The fraction of sp³-hybridized carbons (Fsp3) is 0.385. The van der Waals surface area contributed by atoms with Crippen molar-refractivity contribution in [1.29, 1.82) is 0 Å². The lowest BCUT2D eigenvalue weighted by Gasteiger charge is -2.44. The number of hydrogen-bond acceptors (Lipinski definition) is 10. The molecular formula is C39H45N5O6. The first kappa shape index (κ1) is 35.2. The molecule has 3 aromatic carbocycles. The van der Waals surface area contributed by atoms with Crippen LogP contribution in [0.5, 0.6) is 0 Å². The van der Waals surface area contributed by atoms with Crippen LogP contribution in [0.1, 0.15) is 55.4 Å². The predicted octanol–water partition coefficient (Wildman–Crippen LogP) is 4.82. The molecule has 5 unspecified atom stereocenters. The first-order valence-electron chi connectivity index (χ1n) is 17.2. The van der Waals surface area contributed by atoms with Crippen molar-refractivity contribution in [2.75, 3.05) is 37.6 Å². The molecule has 0 saturated carbocycles. The molecule has 1 aromatic heterocycles. The van der Waals surface area contributed by atoms with Crippen LogP contribution in [0.4, 0.5) is 5.95 Å². The Labute approximate surface area is 293 Å². The Bertz CT molecular complexity index is 1730. The van der Waals surface area contributed by atoms with Gasteiger partial charge >= 0.3 is 5.97 Å². The molecule has 2 aliphatic rings. The molecule has 2 N–H and O–H groups in total. The van der Waals surface area contributed by atoms with Gasteiger partial charge in [-0.2, -0.15) is 0 Å². The summed E-state index contributed by atoms with van der Waals surface area (Å²) in [7, 11) is 0. The smallest absolute Gasteiger partial charge is 0.303 e. The van der Waals surface area contributed by atoms with E-state index in [1.165, 1.54) is 6.92 Å². The van der Waals surface area contributed by atoms with Crippen LogP contribution in [-0.4, -0.2) is 76.8 Å². The SMILES string of the molecule is CC(=O)OC(C)C(=O)NCc1cccc(-c2cccc(C3OC(CN4CCN(c5ncccn5)CC4)C(C)C(c4ccc(CO)cc4)O3)c2)c1. The minimum Gasteiger partial charge on any atom is -0.453 e. The molecule has 4 aromatic rings. The van der Waals surface area contributed by atoms with Crippen LogP contribution >= 0.6 is 0 Å². The molecule has 2 fully saturated rings. The highest BCUT2D eigenvalue weighted by Crippen LogP contribution is 2.42. The highest BCUT2D eigenvalue weighted by molar-refractivity contribution is 5.82. The Kier molecular flexibility index (Phi) is 11.5. The van der Waals surface area contributed by atoms with E-state index in [1.807, 2.05) is 72.8 Å². The third-order valence-electron chi connectivity index (χ3n) is 9.37. The van der Waals surface area contributed by atoms with Crippen molar-refractivity contribution in [3.63, 3.8) is 0 Å². The third kappa shape index (κ3) is 8.72. The Hall–Kier alpha value is -4.68. The molecule has 0 bridgehead atoms. The zero-order chi connectivity index (χ0) is 35.0. The van der Waals surface area contributed by atoms with E-state index < -0.39 is 18.4 Å². The number of piperazine rings is 1. The number of carbonyl (C=O) groups is 2. The van der Waals surface area contributed by atoms with Gasteiger partial charge in [-0.05, 0) is 52.9 Å². The average molecular weight is 680 g/mol. The van der Waals surface area contributed by atoms with Gasteiger partial charge in [-0.25, -0.2) is 9.97 Å². The number of hydrogen-bond donors (Lipinski definition) is 2. The van der Waals surface area contributed by atoms with Crippen molar-refractivity contribution in [1.82, 2.24) is 20.2 Å². The van der Waals surface area contributed by atoms with Crippen LogP contribution in [-0.2, 0) is 37.0 Å². The van der Waals surface area contributed by atoms with Crippen molar-refractivity contribution in [3.8, 4) is 11.1 Å². The number of nitrogens with zero attached hydrogens (tertiary/aromatic N) is 4. The highest BCUT2D eigenvalue weighted by Gasteiger charge is 2.39. The molecular weight excluding hydrogens is 634 g/mol. The number of rotatable bonds is 11. The quantitative estimate of drug-likeness (QED) is 0.213. The van der Waals surface area contributed by atoms with E-state index in [9.17, 15) is 14.7 Å². The maximum absolute atomic E-state index is 12.4. The zero-order valence-electron chi connectivity index (χ0n) is 28.8. The van der Waals surface area contributed by atoms with Gasteiger partial charge in [0.25, 0.3) is 5.91 Å². The van der Waals surface area contributed by atoms with Crippen LogP contribution in [0.25, 0.3) is 11.1 Å². The second kappa shape index (κ2) is 16.4. The predicted molar refractivity (Wildman–Crippen MR) is 189 cm³/mol. The monoisotopic (exact) mass is 679 g/mol. The molecule has 3 heterocycles. The van der Waals surface area contributed by atoms with Gasteiger partial charge in [-0.15, -0.1) is 0 Å². The summed E-state index contributed by atoms with van der Waals surface area (Å²) in [6.45, 7) is 9.51. The van der Waals surface area contributed by atoms with E-state index in [2.05, 4.69) is 38.1 Å². The first-order valence-corrected chi connectivity index (χ1v) is 17.2. The summed E-state index contributed by atoms with van der Waals surface area (Å²) in [4.78, 5) is 37.2. The maximum atomic E-state index is 12.4. The van der Waals surface area contributed by atoms with Gasteiger partial charge in [0.15, 0.2) is 12.4 Å². The van der Waals surface area contributed by atoms with Crippen molar-refractivity contribution in [2.24, 2.45) is 5.92 Å². The number of aliphatic hydroxyl groups is 1. The van der Waals surface area contributed by atoms with E-state index >= 15 is 0 Å². The summed E-state index contributed by atoms with van der Waals surface area (Å²) >= 11 is 0. The number of carbonyl (C=O) groups excluding carboxylic acids is 2. The lowest BCUT2D eigenvalue weighted by molar-refractivity contribution is -0.276. The topological polar surface area (TPSA) is 126 Å². The van der Waals surface area contributed by atoms with Crippen LogP contribution < -0.4 is 10.2 Å². The summed E-state index contributed by atoms with van der Waals surface area (Å²) in [6, 6.07) is 26.0. The summed E-state index contributed by atoms with van der Waals surface area (Å²) in [5.41, 5.74) is 5.72. The normalized spacial score (nSPS) is 21.7. The van der Waals surface area contributed by atoms with Gasteiger partial charge < -0.3 is 29.5 Å². The summed E-state index contributed by atoms with van der Waals surface area (Å²) in [5, 5.41) is 12.5. The van der Waals surface area contributed by atoms with Gasteiger partial charge in [0.1, 0.15) is 0 Å². The van der Waals surface area contributed by atoms with E-state index in [0.29, 0.717) is 6.54 Å². The van der Waals surface area contributed by atoms with Gasteiger partial charge in [0, 0.05) is 70.1 Å². The number of esters is 1. The lowest BCUT2D eigenvalue weighted by Crippen LogP contribution is -2.51. The number of aliphatic hydroxyl groups excluding tert-OH is 1. The van der Waals surface area contributed by atoms with Gasteiger partial charge in [-0.1, -0.05) is 67.6 Å². The van der Waals surface area contributed by atoms with Gasteiger partial charge in [0.2, 0.25) is 5.95 Å². The molecule has 11 heteroatoms. The van der Waals surface area contributed by atoms with E-state index in [-0.39, 0.29) is 30.6 Å². The standard InChI is InChI=1S/C39H45N5O6/c1-26-35(24-43-17-19-44(20-18-43)39-40-15-6-16-41-39)49-38(50-36(26)31-13-11-29(25-45)12-14-31)34-10-5-9-33(22-34)32-8-4-7-30(21-32)23-42-37(47)27(2)48-28(3)46/h4-16,21-22,26-27,35-36,38,45H,17-20,23-25H2,1-3H3,(H,42,47). The fourth-order valence-corrected chi connectivity index (χ4v) is 6.53. The van der Waals surface area contributed by atoms with Crippen molar-refractivity contribution in [3.05, 3.63) is 114 Å². The molecule has 0 aliphatic carbocycles. The molecule has 0 radical (unpaired) electrons. The molecule has 2 aliphatic heterocycles. The largest absolute Gasteiger partial charge is 0.453 e. The number of anilines is 1. The highest BCUT2D eigenvalue weighted by atomic mass is 16.7. The minimum atomic E-state index is -0.862. The van der Waals surface area contributed by atoms with Crippen LogP contribution in [0.3, 0.4) is 0 Å². The zero-order valence-corrected chi connectivity index (χ0v) is 28.8. The number of benzene rings is 3. The van der Waals surface area contributed by atoms with E-state index in [1.54, 1.807) is 19.3 Å². The Morgan fingerprint density at radius 2 is 1.60 bits per heavy atom. The number of amides is 1. The third-order valence-corrected chi connectivity index (χ3v) is 9.37. The van der Waals surface area contributed by atoms with Crippen LogP contribution in [0.15, 0.2) is 91.3 Å². The maximum Gasteiger partial charge on any atom is 0.303 e. The average Bonchev–Trinajstić information content (AvgIpc) is 3.15. The molecule has 1 amide bonds. The molecule has 6 rings (SSSR count). The van der Waals surface area contributed by atoms with E-state index in [4.69, 9.17) is 14.2 Å². The lowest BCUT2D eigenvalue weighted by atomic mass is 9.89. The summed E-state index contributed by atoms with van der Waals surface area (Å²) in [6.07, 6.45) is 1.79. The molecule has 2 saturated heterocycles. The van der Waals surface area contributed by atoms with Gasteiger partial charge in [-0.3, -0.25) is 14.5 Å². The number of ether oxygens (including phenoxy) is 3. The number of nitrogens with one attached hydrogen (secondary N) is 1. The first-order chi connectivity index (χ1) is 24.3. The van der Waals surface area contributed by atoms with Crippen molar-refractivity contribution >= 4 is 17.8 Å². The molecule has 11 nitrogen and oxygen atoms in total. The molecule has 262 valence electrons. The second-order valence-electron chi connectivity index (χ2n) is 13.0. The minimum absolute atomic E-state index is 0.0104. The van der Waals surface area contributed by atoms with Crippen molar-refractivity contribution in [2.45, 2.75) is 58.5 Å². The molecule has 50 heavy (non-hydrogen) atoms.